The Bertz CT molecular complexity index is 628. The van der Waals surface area contributed by atoms with Crippen LogP contribution in [-0.4, -0.2) is 65.9 Å². The summed E-state index contributed by atoms with van der Waals surface area (Å²) in [5.74, 6) is 0.274. The lowest BCUT2D eigenvalue weighted by atomic mass is 9.92. The van der Waals surface area contributed by atoms with Gasteiger partial charge in [0.05, 0.1) is 0 Å². The van der Waals surface area contributed by atoms with Crippen LogP contribution in [0.1, 0.15) is 37.7 Å². The Morgan fingerprint density at radius 1 is 1.07 bits per heavy atom. The van der Waals surface area contributed by atoms with Crippen LogP contribution in [0.3, 0.4) is 0 Å². The Morgan fingerprint density at radius 2 is 1.78 bits per heavy atom. The fraction of sp³-hybridized carbons (Fsp3) is 0.619. The van der Waals surface area contributed by atoms with Gasteiger partial charge in [-0.1, -0.05) is 30.3 Å². The lowest BCUT2D eigenvalue weighted by molar-refractivity contribution is -0.140. The number of hydrogen-bond donors (Lipinski definition) is 1. The summed E-state index contributed by atoms with van der Waals surface area (Å²) in [6.45, 7) is 3.28. The van der Waals surface area contributed by atoms with Crippen molar-refractivity contribution in [2.24, 2.45) is 11.7 Å². The van der Waals surface area contributed by atoms with Crippen molar-refractivity contribution in [2.75, 3.05) is 33.2 Å². The van der Waals surface area contributed by atoms with Crippen LogP contribution in [0.15, 0.2) is 30.3 Å². The zero-order chi connectivity index (χ0) is 19.2. The van der Waals surface area contributed by atoms with Crippen LogP contribution < -0.4 is 5.73 Å². The zero-order valence-corrected chi connectivity index (χ0v) is 16.3. The summed E-state index contributed by atoms with van der Waals surface area (Å²) in [6, 6.07) is 10.2. The lowest BCUT2D eigenvalue weighted by Gasteiger charge is -2.40. The molecular formula is C21H32N4O2. The highest BCUT2D eigenvalue weighted by atomic mass is 16.2. The monoisotopic (exact) mass is 372 g/mol. The highest BCUT2D eigenvalue weighted by molar-refractivity contribution is 5.80. The Balaban J connectivity index is 1.50. The van der Waals surface area contributed by atoms with Gasteiger partial charge in [0.2, 0.25) is 5.91 Å². The molecule has 0 saturated carbocycles. The average molecular weight is 373 g/mol. The van der Waals surface area contributed by atoms with Crippen molar-refractivity contribution in [3.63, 3.8) is 0 Å². The summed E-state index contributed by atoms with van der Waals surface area (Å²) in [5.41, 5.74) is 6.99. The van der Waals surface area contributed by atoms with Gasteiger partial charge in [-0.25, -0.2) is 4.79 Å². The number of rotatable bonds is 4. The van der Waals surface area contributed by atoms with Gasteiger partial charge >= 0.3 is 6.03 Å². The van der Waals surface area contributed by atoms with Gasteiger partial charge in [-0.2, -0.15) is 0 Å². The topological polar surface area (TPSA) is 69.9 Å². The third-order valence-corrected chi connectivity index (χ3v) is 5.89. The number of carbonyl (C=O) groups is 2. The molecule has 148 valence electrons. The van der Waals surface area contributed by atoms with Crippen LogP contribution in [0.5, 0.6) is 0 Å². The van der Waals surface area contributed by atoms with Gasteiger partial charge in [-0.15, -0.1) is 0 Å². The molecule has 0 radical (unpaired) electrons. The van der Waals surface area contributed by atoms with Crippen molar-refractivity contribution in [1.82, 2.24) is 14.7 Å². The second kappa shape index (κ2) is 9.22. The molecule has 1 unspecified atom stereocenters. The summed E-state index contributed by atoms with van der Waals surface area (Å²) in [4.78, 5) is 31.3. The summed E-state index contributed by atoms with van der Waals surface area (Å²) in [6.07, 6.45) is 4.75. The van der Waals surface area contributed by atoms with Crippen molar-refractivity contribution in [3.8, 4) is 0 Å². The Morgan fingerprint density at radius 3 is 2.44 bits per heavy atom. The number of nitrogens with two attached hydrogens (primary N) is 1. The molecule has 0 aliphatic carbocycles. The second-order valence-corrected chi connectivity index (χ2v) is 7.80. The molecule has 2 N–H and O–H groups in total. The molecule has 6 nitrogen and oxygen atoms in total. The van der Waals surface area contributed by atoms with E-state index in [1.165, 1.54) is 0 Å². The Labute approximate surface area is 162 Å². The first kappa shape index (κ1) is 19.7. The van der Waals surface area contributed by atoms with Crippen LogP contribution >= 0.6 is 0 Å². The van der Waals surface area contributed by atoms with Crippen molar-refractivity contribution in [3.05, 3.63) is 35.9 Å². The predicted molar refractivity (Wildman–Crippen MR) is 106 cm³/mol. The van der Waals surface area contributed by atoms with Gasteiger partial charge in [0.25, 0.3) is 0 Å². The minimum Gasteiger partial charge on any atom is -0.338 e. The molecule has 6 heteroatoms. The maximum Gasteiger partial charge on any atom is 0.320 e. The molecule has 1 aromatic carbocycles. The third kappa shape index (κ3) is 4.80. The molecule has 1 atom stereocenters. The number of benzene rings is 1. The van der Waals surface area contributed by atoms with E-state index in [9.17, 15) is 9.59 Å². The number of amides is 3. The summed E-state index contributed by atoms with van der Waals surface area (Å²) in [5, 5.41) is 0. The minimum atomic E-state index is 0.0284. The lowest BCUT2D eigenvalue weighted by Crippen LogP contribution is -2.52. The van der Waals surface area contributed by atoms with Crippen LogP contribution in [0.25, 0.3) is 0 Å². The normalized spacial score (nSPS) is 21.2. The maximum absolute atomic E-state index is 12.9. The van der Waals surface area contributed by atoms with E-state index >= 15 is 0 Å². The van der Waals surface area contributed by atoms with E-state index in [1.807, 2.05) is 47.2 Å². The number of nitrogens with zero attached hydrogens (tertiary/aromatic N) is 3. The number of carbonyl (C=O) groups excluding carboxylic acids is 2. The highest BCUT2D eigenvalue weighted by Crippen LogP contribution is 2.25. The fourth-order valence-electron chi connectivity index (χ4n) is 4.25. The minimum absolute atomic E-state index is 0.0284. The van der Waals surface area contributed by atoms with Gasteiger partial charge in [-0.05, 0) is 37.7 Å². The standard InChI is InChI=1S/C21H32N4O2/c1-23(16-17-7-3-2-4-8-17)21(27)24-13-10-18(11-14-24)20(26)25-12-6-5-9-19(25)15-22/h2-4,7-8,18-19H,5-6,9-16,22H2,1H3. The van der Waals surface area contributed by atoms with Gasteiger partial charge in [0.15, 0.2) is 0 Å². The quantitative estimate of drug-likeness (QED) is 0.882. The Hall–Kier alpha value is -2.08. The molecule has 2 saturated heterocycles. The maximum atomic E-state index is 12.9. The summed E-state index contributed by atoms with van der Waals surface area (Å²) >= 11 is 0. The van der Waals surface area contributed by atoms with E-state index in [4.69, 9.17) is 5.73 Å². The highest BCUT2D eigenvalue weighted by Gasteiger charge is 2.34. The zero-order valence-electron chi connectivity index (χ0n) is 16.3. The third-order valence-electron chi connectivity index (χ3n) is 5.89. The average Bonchev–Trinajstić information content (AvgIpc) is 2.73. The summed E-state index contributed by atoms with van der Waals surface area (Å²) < 4.78 is 0. The SMILES string of the molecule is CN(Cc1ccccc1)C(=O)N1CCC(C(=O)N2CCCCC2CN)CC1. The first-order chi connectivity index (χ1) is 13.1. The first-order valence-electron chi connectivity index (χ1n) is 10.1. The molecule has 3 rings (SSSR count). The van der Waals surface area contributed by atoms with Crippen molar-refractivity contribution in [1.29, 1.82) is 0 Å². The number of hydrogen-bond acceptors (Lipinski definition) is 3. The molecule has 27 heavy (non-hydrogen) atoms. The number of likely N-dealkylation sites (tertiary alicyclic amines) is 2. The van der Waals surface area contributed by atoms with E-state index in [0.29, 0.717) is 26.2 Å². The number of urea groups is 1. The van der Waals surface area contributed by atoms with Crippen LogP contribution in [-0.2, 0) is 11.3 Å². The molecule has 0 bridgehead atoms. The Kier molecular flexibility index (Phi) is 6.72. The first-order valence-corrected chi connectivity index (χ1v) is 10.1. The van der Waals surface area contributed by atoms with Gasteiger partial charge in [-0.3, -0.25) is 4.79 Å². The van der Waals surface area contributed by atoms with Crippen molar-refractivity contribution in [2.45, 2.75) is 44.7 Å². The van der Waals surface area contributed by atoms with E-state index in [2.05, 4.69) is 0 Å². The van der Waals surface area contributed by atoms with Crippen LogP contribution in [0, 0.1) is 5.92 Å². The smallest absolute Gasteiger partial charge is 0.320 e. The largest absolute Gasteiger partial charge is 0.338 e. The van der Waals surface area contributed by atoms with Gasteiger partial charge < -0.3 is 20.4 Å². The van der Waals surface area contributed by atoms with Crippen LogP contribution in [0.4, 0.5) is 4.79 Å². The molecule has 0 aromatic heterocycles. The van der Waals surface area contributed by atoms with Crippen molar-refractivity contribution < 1.29 is 9.59 Å². The van der Waals surface area contributed by atoms with Crippen LogP contribution in [0.2, 0.25) is 0 Å². The molecule has 3 amide bonds. The summed E-state index contributed by atoms with van der Waals surface area (Å²) in [7, 11) is 1.84. The van der Waals surface area contributed by atoms with E-state index in [-0.39, 0.29) is 23.9 Å². The molecule has 1 aromatic rings. The fourth-order valence-corrected chi connectivity index (χ4v) is 4.25. The molecule has 0 spiro atoms. The molecule has 2 aliphatic rings. The van der Waals surface area contributed by atoms with Crippen molar-refractivity contribution >= 4 is 11.9 Å². The molecule has 2 aliphatic heterocycles. The van der Waals surface area contributed by atoms with Gasteiger partial charge in [0.1, 0.15) is 0 Å². The molecule has 2 heterocycles. The van der Waals surface area contributed by atoms with E-state index in [0.717, 1.165) is 44.2 Å². The molecule has 2 fully saturated rings. The van der Waals surface area contributed by atoms with Gasteiger partial charge in [0, 0.05) is 51.7 Å². The molecular weight excluding hydrogens is 340 g/mol. The second-order valence-electron chi connectivity index (χ2n) is 7.80. The van der Waals surface area contributed by atoms with E-state index in [1.54, 1.807) is 4.90 Å². The number of piperidine rings is 2. The van der Waals surface area contributed by atoms with E-state index < -0.39 is 0 Å². The predicted octanol–water partition coefficient (Wildman–Crippen LogP) is 2.29.